The molecule has 1 saturated heterocycles. The Labute approximate surface area is 171 Å². The Bertz CT molecular complexity index is 922. The lowest BCUT2D eigenvalue weighted by atomic mass is 9.97. The third-order valence-corrected chi connectivity index (χ3v) is 6.65. The van der Waals surface area contributed by atoms with E-state index >= 15 is 0 Å². The monoisotopic (exact) mass is 474 g/mol. The van der Waals surface area contributed by atoms with Crippen LogP contribution in [0.4, 0.5) is 5.82 Å². The summed E-state index contributed by atoms with van der Waals surface area (Å²) in [5.74, 6) is 0.0939. The second kappa shape index (κ2) is 8.30. The number of anilines is 1. The molecule has 7 nitrogen and oxygen atoms in total. The molecule has 1 aliphatic heterocycles. The van der Waals surface area contributed by atoms with Gasteiger partial charge >= 0.3 is 0 Å². The minimum atomic E-state index is -3.20. The fourth-order valence-corrected chi connectivity index (χ4v) is 4.42. The number of hydrogen-bond acceptors (Lipinski definition) is 4. The fourth-order valence-electron chi connectivity index (χ4n) is 3.01. The van der Waals surface area contributed by atoms with Gasteiger partial charge in [-0.2, -0.15) is 5.10 Å². The number of aromatic nitrogens is 2. The van der Waals surface area contributed by atoms with Crippen LogP contribution >= 0.6 is 27.5 Å². The van der Waals surface area contributed by atoms with Gasteiger partial charge in [-0.05, 0) is 46.5 Å². The van der Waals surface area contributed by atoms with Crippen molar-refractivity contribution in [2.45, 2.75) is 19.4 Å². The van der Waals surface area contributed by atoms with E-state index in [0.717, 1.165) is 5.56 Å². The maximum Gasteiger partial charge on any atom is 0.228 e. The summed E-state index contributed by atoms with van der Waals surface area (Å²) >= 11 is 9.32. The maximum absolute atomic E-state index is 12.5. The van der Waals surface area contributed by atoms with Crippen molar-refractivity contribution in [3.63, 3.8) is 0 Å². The number of carbonyl (C=O) groups is 1. The molecule has 2 heterocycles. The van der Waals surface area contributed by atoms with Crippen LogP contribution in [0.2, 0.25) is 5.02 Å². The van der Waals surface area contributed by atoms with E-state index in [4.69, 9.17) is 11.6 Å². The first-order valence-electron chi connectivity index (χ1n) is 8.46. The molecule has 0 bridgehead atoms. The standard InChI is InChI=1S/C17H20BrClN4O3S/c1-27(25,26)23-8-6-13(7-9-23)17(24)20-16-15(18)11-22(21-16)10-12-2-4-14(19)5-3-12/h2-5,11,13H,6-10H2,1H3,(H,20,21,24). The Morgan fingerprint density at radius 2 is 1.93 bits per heavy atom. The number of sulfonamides is 1. The molecule has 1 fully saturated rings. The molecule has 2 aromatic rings. The van der Waals surface area contributed by atoms with Crippen LogP contribution in [0.3, 0.4) is 0 Å². The fraction of sp³-hybridized carbons (Fsp3) is 0.412. The van der Waals surface area contributed by atoms with Gasteiger partial charge in [0.25, 0.3) is 0 Å². The van der Waals surface area contributed by atoms with Gasteiger partial charge in [0.2, 0.25) is 15.9 Å². The zero-order valence-corrected chi connectivity index (χ0v) is 17.9. The van der Waals surface area contributed by atoms with Gasteiger partial charge in [-0.3, -0.25) is 9.48 Å². The first-order valence-corrected chi connectivity index (χ1v) is 11.5. The van der Waals surface area contributed by atoms with Gasteiger partial charge in [-0.25, -0.2) is 12.7 Å². The van der Waals surface area contributed by atoms with Crippen LogP contribution in [0.15, 0.2) is 34.9 Å². The van der Waals surface area contributed by atoms with Crippen molar-refractivity contribution >= 4 is 49.3 Å². The van der Waals surface area contributed by atoms with Gasteiger partial charge in [0.05, 0.1) is 17.3 Å². The summed E-state index contributed by atoms with van der Waals surface area (Å²) in [6, 6.07) is 7.49. The zero-order chi connectivity index (χ0) is 19.6. The normalized spacial score (nSPS) is 16.4. The van der Waals surface area contributed by atoms with Gasteiger partial charge in [-0.15, -0.1) is 0 Å². The van der Waals surface area contributed by atoms with E-state index in [2.05, 4.69) is 26.3 Å². The summed E-state index contributed by atoms with van der Waals surface area (Å²) < 4.78 is 27.0. The molecule has 0 spiro atoms. The lowest BCUT2D eigenvalue weighted by Gasteiger charge is -2.29. The van der Waals surface area contributed by atoms with E-state index in [1.807, 2.05) is 24.3 Å². The average molecular weight is 476 g/mol. The SMILES string of the molecule is CS(=O)(=O)N1CCC(C(=O)Nc2nn(Cc3ccc(Cl)cc3)cc2Br)CC1. The molecular weight excluding hydrogens is 456 g/mol. The molecule has 0 atom stereocenters. The van der Waals surface area contributed by atoms with Gasteiger partial charge in [0, 0.05) is 30.2 Å². The topological polar surface area (TPSA) is 84.3 Å². The lowest BCUT2D eigenvalue weighted by molar-refractivity contribution is -0.120. The molecule has 1 N–H and O–H groups in total. The van der Waals surface area contributed by atoms with E-state index in [1.165, 1.54) is 10.6 Å². The molecule has 0 aliphatic carbocycles. The molecule has 10 heteroatoms. The van der Waals surface area contributed by atoms with Crippen molar-refractivity contribution < 1.29 is 13.2 Å². The largest absolute Gasteiger partial charge is 0.308 e. The zero-order valence-electron chi connectivity index (χ0n) is 14.7. The number of nitrogens with one attached hydrogen (secondary N) is 1. The molecule has 1 amide bonds. The molecule has 0 saturated carbocycles. The minimum absolute atomic E-state index is 0.138. The minimum Gasteiger partial charge on any atom is -0.308 e. The highest BCUT2D eigenvalue weighted by atomic mass is 79.9. The van der Waals surface area contributed by atoms with Crippen LogP contribution in [0, 0.1) is 5.92 Å². The summed E-state index contributed by atoms with van der Waals surface area (Å²) in [5.41, 5.74) is 1.04. The average Bonchev–Trinajstić information content (AvgIpc) is 2.95. The lowest BCUT2D eigenvalue weighted by Crippen LogP contribution is -2.40. The first-order chi connectivity index (χ1) is 12.7. The van der Waals surface area contributed by atoms with Crippen molar-refractivity contribution in [1.29, 1.82) is 0 Å². The van der Waals surface area contributed by atoms with Crippen molar-refractivity contribution in [2.24, 2.45) is 5.92 Å². The highest BCUT2D eigenvalue weighted by molar-refractivity contribution is 9.10. The second-order valence-electron chi connectivity index (χ2n) is 6.58. The third kappa shape index (κ3) is 5.31. The summed E-state index contributed by atoms with van der Waals surface area (Å²) in [6.45, 7) is 1.28. The van der Waals surface area contributed by atoms with Crippen molar-refractivity contribution in [1.82, 2.24) is 14.1 Å². The smallest absolute Gasteiger partial charge is 0.228 e. The molecule has 1 aromatic heterocycles. The van der Waals surface area contributed by atoms with E-state index in [0.29, 0.717) is 47.8 Å². The Morgan fingerprint density at radius 1 is 1.30 bits per heavy atom. The van der Waals surface area contributed by atoms with Crippen LogP contribution in [0.1, 0.15) is 18.4 Å². The summed E-state index contributed by atoms with van der Waals surface area (Å²) in [5, 5.41) is 7.93. The van der Waals surface area contributed by atoms with Crippen LogP contribution in [0.5, 0.6) is 0 Å². The first kappa shape index (κ1) is 20.3. The Morgan fingerprint density at radius 3 is 2.52 bits per heavy atom. The molecule has 1 aromatic carbocycles. The number of rotatable bonds is 5. The van der Waals surface area contributed by atoms with Gasteiger partial charge in [0.15, 0.2) is 5.82 Å². The van der Waals surface area contributed by atoms with Crippen LogP contribution < -0.4 is 5.32 Å². The van der Waals surface area contributed by atoms with Crippen molar-refractivity contribution in [3.8, 4) is 0 Å². The van der Waals surface area contributed by atoms with E-state index in [9.17, 15) is 13.2 Å². The predicted molar refractivity (Wildman–Crippen MR) is 108 cm³/mol. The molecule has 0 radical (unpaired) electrons. The van der Waals surface area contributed by atoms with E-state index < -0.39 is 10.0 Å². The Balaban J connectivity index is 1.60. The number of hydrogen-bond donors (Lipinski definition) is 1. The second-order valence-corrected chi connectivity index (χ2v) is 9.85. The van der Waals surface area contributed by atoms with Gasteiger partial charge in [-0.1, -0.05) is 23.7 Å². The number of halogens is 2. The number of piperidine rings is 1. The van der Waals surface area contributed by atoms with Crippen LogP contribution in [-0.4, -0.2) is 47.8 Å². The Kier molecular flexibility index (Phi) is 6.25. The third-order valence-electron chi connectivity index (χ3n) is 4.51. The maximum atomic E-state index is 12.5. The van der Waals surface area contributed by atoms with Crippen molar-refractivity contribution in [3.05, 3.63) is 45.5 Å². The predicted octanol–water partition coefficient (Wildman–Crippen LogP) is 2.96. The van der Waals surface area contributed by atoms with Gasteiger partial charge in [0.1, 0.15) is 0 Å². The highest BCUT2D eigenvalue weighted by Gasteiger charge is 2.29. The van der Waals surface area contributed by atoms with Crippen LogP contribution in [0.25, 0.3) is 0 Å². The Hall–Kier alpha value is -1.42. The highest BCUT2D eigenvalue weighted by Crippen LogP contribution is 2.25. The van der Waals surface area contributed by atoms with Gasteiger partial charge < -0.3 is 5.32 Å². The number of carbonyl (C=O) groups excluding carboxylic acids is 1. The van der Waals surface area contributed by atoms with Crippen LogP contribution in [-0.2, 0) is 21.4 Å². The van der Waals surface area contributed by atoms with E-state index in [1.54, 1.807) is 10.9 Å². The summed E-state index contributed by atoms with van der Waals surface area (Å²) in [6.07, 6.45) is 4.00. The summed E-state index contributed by atoms with van der Waals surface area (Å²) in [4.78, 5) is 12.5. The molecule has 1 aliphatic rings. The van der Waals surface area contributed by atoms with Crippen molar-refractivity contribution in [2.75, 3.05) is 24.7 Å². The molecule has 146 valence electrons. The molecule has 3 rings (SSSR count). The number of benzene rings is 1. The quantitative estimate of drug-likeness (QED) is 0.720. The number of nitrogens with zero attached hydrogens (tertiary/aromatic N) is 3. The molecule has 27 heavy (non-hydrogen) atoms. The van der Waals surface area contributed by atoms with E-state index in [-0.39, 0.29) is 11.8 Å². The number of amides is 1. The molecule has 0 unspecified atom stereocenters. The molecular formula is C17H20BrClN4O3S. The summed E-state index contributed by atoms with van der Waals surface area (Å²) in [7, 11) is -3.20.